The first-order valence-electron chi connectivity index (χ1n) is 22.9. The summed E-state index contributed by atoms with van der Waals surface area (Å²) in [4.78, 5) is 16.2. The summed E-state index contributed by atoms with van der Waals surface area (Å²) < 4.78 is 39.2. The summed E-state index contributed by atoms with van der Waals surface area (Å²) in [6.45, 7) is 0. The highest BCUT2D eigenvalue weighted by molar-refractivity contribution is 6.12. The molecule has 9 aromatic carbocycles. The molecule has 0 unspecified atom stereocenters. The molecule has 0 saturated carbocycles. The lowest BCUT2D eigenvalue weighted by Crippen LogP contribution is -2.11. The molecule has 0 saturated heterocycles. The lowest BCUT2D eigenvalue weighted by molar-refractivity contribution is 0.892. The van der Waals surface area contributed by atoms with Gasteiger partial charge >= 0.3 is 0 Å². The molecule has 14 rings (SSSR count). The van der Waals surface area contributed by atoms with Crippen LogP contribution in [-0.4, -0.2) is 33.2 Å². The summed E-state index contributed by atoms with van der Waals surface area (Å²) in [5.41, 5.74) is 7.95. The molecule has 64 heavy (non-hydrogen) atoms. The first-order valence-corrected chi connectivity index (χ1v) is 21.4. The maximum Gasteiger partial charge on any atom is 0.240 e. The lowest BCUT2D eigenvalue weighted by Gasteiger charge is -2.18. The van der Waals surface area contributed by atoms with Gasteiger partial charge in [-0.2, -0.15) is 15.0 Å². The van der Waals surface area contributed by atoms with Gasteiger partial charge in [-0.3, -0.25) is 9.13 Å². The van der Waals surface area contributed by atoms with Crippen LogP contribution in [0, 0.1) is 0 Å². The van der Waals surface area contributed by atoms with Gasteiger partial charge in [0.15, 0.2) is 5.82 Å². The van der Waals surface area contributed by atoms with Gasteiger partial charge in [0.25, 0.3) is 0 Å². The third-order valence-corrected chi connectivity index (χ3v) is 12.8. The maximum absolute atomic E-state index is 10.6. The normalized spacial score (nSPS) is 12.7. The number of hydrogen-bond donors (Lipinski definition) is 0. The molecule has 0 bridgehead atoms. The quantitative estimate of drug-likeness (QED) is 0.174. The largest absolute Gasteiger partial charge is 0.309 e. The molecule has 0 aliphatic carbocycles. The fraction of sp³-hybridized carbons (Fsp3) is 0. The second-order valence-corrected chi connectivity index (χ2v) is 16.2. The van der Waals surface area contributed by atoms with Gasteiger partial charge in [0.2, 0.25) is 11.9 Å². The first-order chi connectivity index (χ1) is 33.0. The van der Waals surface area contributed by atoms with E-state index in [0.29, 0.717) is 23.3 Å². The van der Waals surface area contributed by atoms with Crippen LogP contribution >= 0.6 is 0 Å². The summed E-state index contributed by atoms with van der Waals surface area (Å²) in [5, 5.41) is 8.16. The van der Waals surface area contributed by atoms with Crippen molar-refractivity contribution in [3.8, 4) is 34.7 Å². The fourth-order valence-corrected chi connectivity index (χ4v) is 10.1. The Balaban J connectivity index is 1.18. The highest BCUT2D eigenvalue weighted by Crippen LogP contribution is 2.40. The van der Waals surface area contributed by atoms with Crippen molar-refractivity contribution < 1.29 is 4.11 Å². The highest BCUT2D eigenvalue weighted by atomic mass is 15.3. The molecule has 0 aliphatic heterocycles. The van der Waals surface area contributed by atoms with Crippen LogP contribution < -0.4 is 0 Å². The van der Waals surface area contributed by atoms with E-state index < -0.39 is 0 Å². The molecule has 0 amide bonds. The maximum atomic E-state index is 10.6. The van der Waals surface area contributed by atoms with E-state index in [1.807, 2.05) is 114 Å². The molecule has 5 aromatic heterocycles. The SMILES string of the molecule is [2H]c1c([2H])c(-n2c3ccccc3c3ccccc32)c([2H])c(-n2c3ccccc3c3ccccc32)c1-c1nc(-n2c3ccccc3c3ccccc32)nc(-n2c3ccccc3c3ccccc32)n1. The van der Waals surface area contributed by atoms with Crippen LogP contribution in [0.15, 0.2) is 212 Å². The minimum atomic E-state index is -0.117. The van der Waals surface area contributed by atoms with Gasteiger partial charge in [0.1, 0.15) is 0 Å². The van der Waals surface area contributed by atoms with Crippen molar-refractivity contribution in [3.63, 3.8) is 0 Å². The number of fused-ring (bicyclic) bond motifs is 12. The van der Waals surface area contributed by atoms with Gasteiger partial charge < -0.3 is 9.13 Å². The van der Waals surface area contributed by atoms with Crippen molar-refractivity contribution in [2.75, 3.05) is 0 Å². The molecule has 0 atom stereocenters. The number of aromatic nitrogens is 7. The Morgan fingerprint density at radius 3 is 0.906 bits per heavy atom. The van der Waals surface area contributed by atoms with E-state index in [9.17, 15) is 4.11 Å². The van der Waals surface area contributed by atoms with E-state index in [4.69, 9.17) is 15.0 Å². The molecule has 5 heterocycles. The third-order valence-electron chi connectivity index (χ3n) is 12.8. The molecule has 7 nitrogen and oxygen atoms in total. The van der Waals surface area contributed by atoms with Gasteiger partial charge in [0, 0.05) is 54.3 Å². The van der Waals surface area contributed by atoms with Gasteiger partial charge in [-0.25, -0.2) is 0 Å². The fourth-order valence-electron chi connectivity index (χ4n) is 10.1. The van der Waals surface area contributed by atoms with E-state index in [0.717, 1.165) is 87.2 Å². The van der Waals surface area contributed by atoms with Crippen molar-refractivity contribution in [3.05, 3.63) is 212 Å². The molecule has 298 valence electrons. The Morgan fingerprint density at radius 1 is 0.297 bits per heavy atom. The molecule has 0 aliphatic rings. The van der Waals surface area contributed by atoms with Gasteiger partial charge in [0.05, 0.1) is 53.9 Å². The van der Waals surface area contributed by atoms with Crippen molar-refractivity contribution in [1.82, 2.24) is 33.2 Å². The molecule has 14 aromatic rings. The van der Waals surface area contributed by atoms with Crippen LogP contribution in [0.1, 0.15) is 4.11 Å². The number of rotatable bonds is 5. The molecule has 7 heteroatoms. The third kappa shape index (κ3) is 4.89. The Kier molecular flexibility index (Phi) is 6.67. The number of hydrogen-bond acceptors (Lipinski definition) is 3. The van der Waals surface area contributed by atoms with Crippen molar-refractivity contribution in [1.29, 1.82) is 0 Å². The summed E-state index contributed by atoms with van der Waals surface area (Å²) >= 11 is 0. The smallest absolute Gasteiger partial charge is 0.240 e. The number of para-hydroxylation sites is 8. The molecular formula is C57H35N7. The topological polar surface area (TPSA) is 58.4 Å². The lowest BCUT2D eigenvalue weighted by atomic mass is 10.1. The first kappa shape index (κ1) is 32.0. The summed E-state index contributed by atoms with van der Waals surface area (Å²) in [6, 6.07) is 65.3. The van der Waals surface area contributed by atoms with Crippen LogP contribution in [0.25, 0.3) is 122 Å². The Hall–Kier alpha value is -8.81. The van der Waals surface area contributed by atoms with E-state index >= 15 is 0 Å². The van der Waals surface area contributed by atoms with E-state index in [1.54, 1.807) is 0 Å². The molecular weight excluding hydrogens is 783 g/mol. The number of nitrogens with zero attached hydrogens (tertiary/aromatic N) is 7. The van der Waals surface area contributed by atoms with Crippen LogP contribution in [-0.2, 0) is 0 Å². The second-order valence-electron chi connectivity index (χ2n) is 16.2. The van der Waals surface area contributed by atoms with Crippen LogP contribution in [0.5, 0.6) is 0 Å². The number of benzene rings is 9. The predicted molar refractivity (Wildman–Crippen MR) is 263 cm³/mol. The molecule has 0 radical (unpaired) electrons. The highest BCUT2D eigenvalue weighted by Gasteiger charge is 2.24. The molecule has 0 N–H and O–H groups in total. The van der Waals surface area contributed by atoms with E-state index in [-0.39, 0.29) is 29.5 Å². The molecule has 0 fully saturated rings. The average Bonchev–Trinajstić information content (AvgIpc) is 4.11. The monoisotopic (exact) mass is 820 g/mol. The zero-order valence-corrected chi connectivity index (χ0v) is 34.1. The van der Waals surface area contributed by atoms with E-state index in [2.05, 4.69) is 98.6 Å². The Bertz CT molecular complexity index is 4060. The van der Waals surface area contributed by atoms with Gasteiger partial charge in [-0.1, -0.05) is 146 Å². The second kappa shape index (κ2) is 13.3. The standard InChI is InChI=1S/C57H35N7/c1-9-25-46-37(17-1)38-18-2-10-26-47(38)61(46)36-33-34-45(54(35-36)62-48-27-11-3-19-39(48)40-20-4-12-28-49(40)62)55-58-56(63-50-29-13-5-21-41(50)42-22-6-14-30-51(42)63)60-57(59-55)64-52-31-15-7-23-43(52)44-24-8-16-32-53(44)64/h1-35H/i33D,34D,35D. The van der Waals surface area contributed by atoms with Crippen LogP contribution in [0.3, 0.4) is 0 Å². The minimum absolute atomic E-state index is 0.0613. The Labute approximate surface area is 370 Å². The van der Waals surface area contributed by atoms with Gasteiger partial charge in [-0.05, 0) is 66.7 Å². The summed E-state index contributed by atoms with van der Waals surface area (Å²) in [6.07, 6.45) is 0. The van der Waals surface area contributed by atoms with Crippen LogP contribution in [0.2, 0.25) is 0 Å². The van der Waals surface area contributed by atoms with Crippen molar-refractivity contribution in [2.45, 2.75) is 0 Å². The van der Waals surface area contributed by atoms with E-state index in [1.165, 1.54) is 0 Å². The zero-order valence-electron chi connectivity index (χ0n) is 37.1. The zero-order chi connectivity index (χ0) is 44.5. The minimum Gasteiger partial charge on any atom is -0.309 e. The predicted octanol–water partition coefficient (Wildman–Crippen LogP) is 13.9. The van der Waals surface area contributed by atoms with Crippen molar-refractivity contribution >= 4 is 87.2 Å². The Morgan fingerprint density at radius 2 is 0.578 bits per heavy atom. The summed E-state index contributed by atoms with van der Waals surface area (Å²) in [7, 11) is 0. The molecule has 0 spiro atoms. The van der Waals surface area contributed by atoms with Crippen LogP contribution in [0.4, 0.5) is 0 Å². The van der Waals surface area contributed by atoms with Gasteiger partial charge in [-0.15, -0.1) is 0 Å². The van der Waals surface area contributed by atoms with Crippen molar-refractivity contribution in [2.24, 2.45) is 0 Å². The summed E-state index contributed by atoms with van der Waals surface area (Å²) in [5.74, 6) is 0.856. The average molecular weight is 821 g/mol.